The third-order valence-electron chi connectivity index (χ3n) is 3.41. The Bertz CT molecular complexity index is 516. The van der Waals surface area contributed by atoms with Crippen molar-refractivity contribution in [2.45, 2.75) is 12.8 Å². The van der Waals surface area contributed by atoms with Gasteiger partial charge in [-0.3, -0.25) is 0 Å². The molecule has 0 amide bonds. The fourth-order valence-corrected chi connectivity index (χ4v) is 3.01. The Morgan fingerprint density at radius 2 is 1.79 bits per heavy atom. The molecule has 0 saturated carbocycles. The molecule has 0 aliphatic heterocycles. The molecule has 0 fully saturated rings. The van der Waals surface area contributed by atoms with Gasteiger partial charge in [0.2, 0.25) is 0 Å². The number of thiophene rings is 1. The van der Waals surface area contributed by atoms with Crippen LogP contribution in [-0.2, 0) is 4.79 Å². The van der Waals surface area contributed by atoms with E-state index in [0.717, 1.165) is 6.29 Å². The first-order chi connectivity index (χ1) is 9.13. The molecule has 0 aliphatic rings. The summed E-state index contributed by atoms with van der Waals surface area (Å²) >= 11 is 1.67. The molecule has 2 atom stereocenters. The van der Waals surface area contributed by atoms with Gasteiger partial charge in [0.05, 0.1) is 0 Å². The minimum absolute atomic E-state index is 0.0141. The van der Waals surface area contributed by atoms with Crippen LogP contribution in [0, 0.1) is 5.92 Å². The quantitative estimate of drug-likeness (QED) is 0.773. The highest BCUT2D eigenvalue weighted by molar-refractivity contribution is 7.08. The Morgan fingerprint density at radius 3 is 2.26 bits per heavy atom. The predicted molar refractivity (Wildman–Crippen MR) is 82.2 cm³/mol. The van der Waals surface area contributed by atoms with Crippen molar-refractivity contribution in [1.29, 1.82) is 0 Å². The minimum Gasteiger partial charge on any atom is -0.378 e. The van der Waals surface area contributed by atoms with E-state index in [1.807, 2.05) is 21.0 Å². The SMILES string of the molecule is C[C@@H](C=O)[C@@H](c1ccc(N(C)C)cc1)c1ccsc1. The number of hydrogen-bond donors (Lipinski definition) is 0. The lowest BCUT2D eigenvalue weighted by Gasteiger charge is -2.21. The van der Waals surface area contributed by atoms with Gasteiger partial charge in [-0.25, -0.2) is 0 Å². The van der Waals surface area contributed by atoms with E-state index < -0.39 is 0 Å². The van der Waals surface area contributed by atoms with E-state index in [2.05, 4.69) is 46.0 Å². The summed E-state index contributed by atoms with van der Waals surface area (Å²) in [6, 6.07) is 10.6. The standard InChI is InChI=1S/C16H19NOS/c1-12(10-18)16(14-8-9-19-11-14)13-4-6-15(7-5-13)17(2)3/h4-12,16H,1-3H3/t12-,16-/m0/s1. The van der Waals surface area contributed by atoms with Gasteiger partial charge in [-0.1, -0.05) is 19.1 Å². The summed E-state index contributed by atoms with van der Waals surface area (Å²) in [5.41, 5.74) is 3.59. The molecule has 0 spiro atoms. The minimum atomic E-state index is -0.0141. The fraction of sp³-hybridized carbons (Fsp3) is 0.312. The maximum absolute atomic E-state index is 11.2. The zero-order valence-electron chi connectivity index (χ0n) is 11.5. The Balaban J connectivity index is 2.36. The molecule has 0 aliphatic carbocycles. The topological polar surface area (TPSA) is 20.3 Å². The molecular weight excluding hydrogens is 254 g/mol. The van der Waals surface area contributed by atoms with Gasteiger partial charge in [-0.15, -0.1) is 0 Å². The van der Waals surface area contributed by atoms with E-state index in [0.29, 0.717) is 0 Å². The van der Waals surface area contributed by atoms with Crippen molar-refractivity contribution in [3.05, 3.63) is 52.2 Å². The van der Waals surface area contributed by atoms with Gasteiger partial charge < -0.3 is 9.69 Å². The molecular formula is C16H19NOS. The molecule has 2 aromatic rings. The van der Waals surface area contributed by atoms with Crippen LogP contribution in [0.3, 0.4) is 0 Å². The monoisotopic (exact) mass is 273 g/mol. The van der Waals surface area contributed by atoms with Gasteiger partial charge in [0, 0.05) is 31.6 Å². The summed E-state index contributed by atoms with van der Waals surface area (Å²) in [6.45, 7) is 1.98. The summed E-state index contributed by atoms with van der Waals surface area (Å²) in [6.07, 6.45) is 1.04. The molecule has 0 N–H and O–H groups in total. The largest absolute Gasteiger partial charge is 0.378 e. The van der Waals surface area contributed by atoms with Crippen molar-refractivity contribution in [3.63, 3.8) is 0 Å². The predicted octanol–water partition coefficient (Wildman–Crippen LogP) is 3.78. The van der Waals surface area contributed by atoms with Crippen LogP contribution in [-0.4, -0.2) is 20.4 Å². The molecule has 2 nitrogen and oxygen atoms in total. The third-order valence-corrected chi connectivity index (χ3v) is 4.11. The van der Waals surface area contributed by atoms with E-state index in [4.69, 9.17) is 0 Å². The van der Waals surface area contributed by atoms with Crippen molar-refractivity contribution in [2.75, 3.05) is 19.0 Å². The molecule has 19 heavy (non-hydrogen) atoms. The average Bonchev–Trinajstić information content (AvgIpc) is 2.93. The molecule has 0 saturated heterocycles. The van der Waals surface area contributed by atoms with Crippen molar-refractivity contribution in [2.24, 2.45) is 5.92 Å². The van der Waals surface area contributed by atoms with Crippen molar-refractivity contribution < 1.29 is 4.79 Å². The normalized spacial score (nSPS) is 13.8. The fourth-order valence-electron chi connectivity index (χ4n) is 2.31. The first-order valence-corrected chi connectivity index (χ1v) is 7.32. The van der Waals surface area contributed by atoms with E-state index >= 15 is 0 Å². The highest BCUT2D eigenvalue weighted by Gasteiger charge is 2.21. The van der Waals surface area contributed by atoms with Crippen LogP contribution in [0.2, 0.25) is 0 Å². The molecule has 1 aromatic carbocycles. The Kier molecular flexibility index (Phi) is 4.38. The second-order valence-electron chi connectivity index (χ2n) is 5.02. The summed E-state index contributed by atoms with van der Waals surface area (Å²) in [4.78, 5) is 13.3. The molecule has 0 radical (unpaired) electrons. The van der Waals surface area contributed by atoms with Gasteiger partial charge in [0.1, 0.15) is 6.29 Å². The van der Waals surface area contributed by atoms with E-state index in [1.165, 1.54) is 16.8 Å². The number of benzene rings is 1. The zero-order valence-corrected chi connectivity index (χ0v) is 12.4. The number of rotatable bonds is 5. The maximum Gasteiger partial charge on any atom is 0.123 e. The number of carbonyl (C=O) groups excluding carboxylic acids is 1. The van der Waals surface area contributed by atoms with Crippen LogP contribution in [0.25, 0.3) is 0 Å². The highest BCUT2D eigenvalue weighted by Crippen LogP contribution is 2.33. The molecule has 0 bridgehead atoms. The van der Waals surface area contributed by atoms with Gasteiger partial charge in [-0.2, -0.15) is 11.3 Å². The average molecular weight is 273 g/mol. The lowest BCUT2D eigenvalue weighted by Crippen LogP contribution is -2.13. The number of anilines is 1. The smallest absolute Gasteiger partial charge is 0.123 e. The zero-order chi connectivity index (χ0) is 13.8. The lowest BCUT2D eigenvalue weighted by molar-refractivity contribution is -0.111. The molecule has 1 heterocycles. The lowest BCUT2D eigenvalue weighted by atomic mass is 9.83. The first-order valence-electron chi connectivity index (χ1n) is 6.38. The molecule has 2 rings (SSSR count). The van der Waals surface area contributed by atoms with Crippen LogP contribution in [0.1, 0.15) is 24.0 Å². The number of nitrogens with zero attached hydrogens (tertiary/aromatic N) is 1. The highest BCUT2D eigenvalue weighted by atomic mass is 32.1. The van der Waals surface area contributed by atoms with Crippen LogP contribution >= 0.6 is 11.3 Å². The molecule has 3 heteroatoms. The Hall–Kier alpha value is -1.61. The van der Waals surface area contributed by atoms with E-state index in [9.17, 15) is 4.79 Å². The van der Waals surface area contributed by atoms with Gasteiger partial charge in [0.25, 0.3) is 0 Å². The second kappa shape index (κ2) is 6.02. The van der Waals surface area contributed by atoms with Crippen molar-refractivity contribution >= 4 is 23.3 Å². The number of carbonyl (C=O) groups is 1. The molecule has 1 aromatic heterocycles. The first kappa shape index (κ1) is 13.8. The van der Waals surface area contributed by atoms with Gasteiger partial charge in [-0.05, 0) is 40.1 Å². The summed E-state index contributed by atoms with van der Waals surface area (Å²) < 4.78 is 0. The van der Waals surface area contributed by atoms with Gasteiger partial charge >= 0.3 is 0 Å². The number of aldehydes is 1. The van der Waals surface area contributed by atoms with Crippen molar-refractivity contribution in [1.82, 2.24) is 0 Å². The van der Waals surface area contributed by atoms with E-state index in [-0.39, 0.29) is 11.8 Å². The van der Waals surface area contributed by atoms with Gasteiger partial charge in [0.15, 0.2) is 0 Å². The Labute approximate surface area is 118 Å². The second-order valence-corrected chi connectivity index (χ2v) is 5.80. The van der Waals surface area contributed by atoms with E-state index in [1.54, 1.807) is 11.3 Å². The maximum atomic E-state index is 11.2. The summed E-state index contributed by atoms with van der Waals surface area (Å²) in [5.74, 6) is 0.139. The van der Waals surface area contributed by atoms with Crippen LogP contribution < -0.4 is 4.90 Å². The molecule has 0 unspecified atom stereocenters. The Morgan fingerprint density at radius 1 is 1.11 bits per heavy atom. The summed E-state index contributed by atoms with van der Waals surface area (Å²) in [5, 5.41) is 4.19. The van der Waals surface area contributed by atoms with Crippen molar-refractivity contribution in [3.8, 4) is 0 Å². The molecule has 100 valence electrons. The third kappa shape index (κ3) is 3.04. The van der Waals surface area contributed by atoms with Crippen LogP contribution in [0.5, 0.6) is 0 Å². The summed E-state index contributed by atoms with van der Waals surface area (Å²) in [7, 11) is 4.05. The van der Waals surface area contributed by atoms with Crippen LogP contribution in [0.4, 0.5) is 5.69 Å². The van der Waals surface area contributed by atoms with Crippen LogP contribution in [0.15, 0.2) is 41.1 Å². The number of hydrogen-bond acceptors (Lipinski definition) is 3.